The highest BCUT2D eigenvalue weighted by Gasteiger charge is 2.10. The number of aryl methyl sites for hydroxylation is 2. The molecule has 0 unspecified atom stereocenters. The van der Waals surface area contributed by atoms with E-state index in [0.29, 0.717) is 29.4 Å². The number of carbonyl (C=O) groups is 2. The Bertz CT molecular complexity index is 1230. The summed E-state index contributed by atoms with van der Waals surface area (Å²) in [6, 6.07) is 17.8. The summed E-state index contributed by atoms with van der Waals surface area (Å²) in [5, 5.41) is 2.92. The Hall–Kier alpha value is -4.06. The van der Waals surface area contributed by atoms with E-state index >= 15 is 0 Å². The van der Waals surface area contributed by atoms with E-state index in [1.165, 1.54) is 18.9 Å². The molecule has 0 fully saturated rings. The number of unbranched alkanes of at least 4 members (excludes halogenated alkanes) is 3. The molecule has 3 rings (SSSR count). The van der Waals surface area contributed by atoms with Gasteiger partial charge in [0.25, 0.3) is 5.91 Å². The third-order valence-electron chi connectivity index (χ3n) is 5.83. The highest BCUT2D eigenvalue weighted by atomic mass is 16.5. The van der Waals surface area contributed by atoms with Gasteiger partial charge >= 0.3 is 5.97 Å². The number of amides is 1. The van der Waals surface area contributed by atoms with Crippen molar-refractivity contribution in [2.75, 3.05) is 19.0 Å². The van der Waals surface area contributed by atoms with Gasteiger partial charge in [-0.25, -0.2) is 4.79 Å². The lowest BCUT2D eigenvalue weighted by molar-refractivity contribution is -0.128. The van der Waals surface area contributed by atoms with Gasteiger partial charge in [-0.1, -0.05) is 44.4 Å². The normalized spacial score (nSPS) is 10.8. The highest BCUT2D eigenvalue weighted by Crippen LogP contribution is 2.29. The second kappa shape index (κ2) is 13.9. The molecule has 0 heterocycles. The Labute approximate surface area is 219 Å². The Morgan fingerprint density at radius 3 is 2.41 bits per heavy atom. The number of benzene rings is 3. The van der Waals surface area contributed by atoms with Gasteiger partial charge in [0.2, 0.25) is 0 Å². The van der Waals surface area contributed by atoms with E-state index in [-0.39, 0.29) is 5.91 Å². The fraction of sp³-hybridized carbons (Fsp3) is 0.290. The fourth-order valence-electron chi connectivity index (χ4n) is 3.67. The smallest absolute Gasteiger partial charge is 0.336 e. The zero-order chi connectivity index (χ0) is 26.6. The molecule has 1 N–H and O–H groups in total. The fourth-order valence-corrected chi connectivity index (χ4v) is 3.67. The Morgan fingerprint density at radius 1 is 0.892 bits per heavy atom. The van der Waals surface area contributed by atoms with Crippen LogP contribution in [0.2, 0.25) is 0 Å². The van der Waals surface area contributed by atoms with Crippen molar-refractivity contribution >= 4 is 23.6 Å². The van der Waals surface area contributed by atoms with Gasteiger partial charge in [0.1, 0.15) is 5.75 Å². The zero-order valence-corrected chi connectivity index (χ0v) is 22.0. The maximum Gasteiger partial charge on any atom is 0.336 e. The van der Waals surface area contributed by atoms with Gasteiger partial charge in [-0.05, 0) is 85.5 Å². The van der Waals surface area contributed by atoms with Gasteiger partial charge in [-0.2, -0.15) is 0 Å². The number of carbonyl (C=O) groups excluding carboxylic acids is 2. The molecule has 0 radical (unpaired) electrons. The molecule has 6 nitrogen and oxygen atoms in total. The molecule has 0 aliphatic heterocycles. The number of methoxy groups -OCH3 is 1. The summed E-state index contributed by atoms with van der Waals surface area (Å²) in [5.74, 6) is 0.889. The van der Waals surface area contributed by atoms with Crippen LogP contribution in [0.4, 0.5) is 5.69 Å². The van der Waals surface area contributed by atoms with Crippen LogP contribution in [0.5, 0.6) is 17.2 Å². The summed E-state index contributed by atoms with van der Waals surface area (Å²) >= 11 is 0. The summed E-state index contributed by atoms with van der Waals surface area (Å²) in [4.78, 5) is 24.9. The first-order chi connectivity index (χ1) is 17.9. The van der Waals surface area contributed by atoms with Crippen LogP contribution in [-0.2, 0) is 4.79 Å². The quantitative estimate of drug-likeness (QED) is 0.124. The van der Waals surface area contributed by atoms with Crippen LogP contribution >= 0.6 is 0 Å². The molecule has 0 saturated carbocycles. The maximum absolute atomic E-state index is 12.6. The average Bonchev–Trinajstić information content (AvgIpc) is 2.90. The van der Waals surface area contributed by atoms with Crippen molar-refractivity contribution in [3.05, 3.63) is 89.0 Å². The van der Waals surface area contributed by atoms with Crippen LogP contribution in [0.15, 0.2) is 66.7 Å². The van der Waals surface area contributed by atoms with Crippen LogP contribution in [-0.4, -0.2) is 25.6 Å². The van der Waals surface area contributed by atoms with Crippen LogP contribution in [0.25, 0.3) is 6.08 Å². The number of nitrogens with one attached hydrogen (secondary N) is 1. The van der Waals surface area contributed by atoms with E-state index in [2.05, 4.69) is 12.2 Å². The molecular weight excluding hydrogens is 466 g/mol. The van der Waals surface area contributed by atoms with Crippen molar-refractivity contribution in [2.45, 2.75) is 46.5 Å². The van der Waals surface area contributed by atoms with E-state index in [1.807, 2.05) is 50.2 Å². The molecule has 0 spiro atoms. The molecule has 0 atom stereocenters. The van der Waals surface area contributed by atoms with Crippen molar-refractivity contribution in [3.63, 3.8) is 0 Å². The molecule has 37 heavy (non-hydrogen) atoms. The van der Waals surface area contributed by atoms with Crippen LogP contribution in [0, 0.1) is 13.8 Å². The molecule has 0 saturated heterocycles. The average molecular weight is 502 g/mol. The van der Waals surface area contributed by atoms with E-state index < -0.39 is 5.97 Å². The molecule has 194 valence electrons. The minimum absolute atomic E-state index is 0.228. The largest absolute Gasteiger partial charge is 0.493 e. The van der Waals surface area contributed by atoms with Crippen molar-refractivity contribution in [1.82, 2.24) is 0 Å². The summed E-state index contributed by atoms with van der Waals surface area (Å²) in [5.41, 5.74) is 4.07. The molecule has 1 amide bonds. The third kappa shape index (κ3) is 8.53. The number of hydrogen-bond acceptors (Lipinski definition) is 5. The van der Waals surface area contributed by atoms with Crippen molar-refractivity contribution in [2.24, 2.45) is 0 Å². The topological polar surface area (TPSA) is 73.9 Å². The monoisotopic (exact) mass is 501 g/mol. The van der Waals surface area contributed by atoms with Gasteiger partial charge in [0, 0.05) is 17.3 Å². The molecule has 3 aromatic carbocycles. The molecule has 0 bridgehead atoms. The molecule has 6 heteroatoms. The first-order valence-electron chi connectivity index (χ1n) is 12.6. The van der Waals surface area contributed by atoms with E-state index in [9.17, 15) is 9.59 Å². The minimum atomic E-state index is -0.525. The lowest BCUT2D eigenvalue weighted by Crippen LogP contribution is -2.13. The summed E-state index contributed by atoms with van der Waals surface area (Å²) in [6.45, 7) is 6.74. The van der Waals surface area contributed by atoms with Crippen LogP contribution < -0.4 is 19.5 Å². The second-order valence-corrected chi connectivity index (χ2v) is 8.87. The van der Waals surface area contributed by atoms with Crippen molar-refractivity contribution in [1.29, 1.82) is 0 Å². The third-order valence-corrected chi connectivity index (χ3v) is 5.83. The Kier molecular flexibility index (Phi) is 10.3. The SMILES string of the molecule is CCCCCCOc1ccc(/C=C/C(=O)Oc2ccc(C(=O)Nc3cc(C)ccc3C)cc2)cc1OC. The predicted molar refractivity (Wildman–Crippen MR) is 148 cm³/mol. The lowest BCUT2D eigenvalue weighted by atomic mass is 10.1. The van der Waals surface area contributed by atoms with Gasteiger partial charge in [0.15, 0.2) is 11.5 Å². The first-order valence-corrected chi connectivity index (χ1v) is 12.6. The summed E-state index contributed by atoms with van der Waals surface area (Å²) in [6.07, 6.45) is 7.54. The lowest BCUT2D eigenvalue weighted by Gasteiger charge is -2.11. The molecular formula is C31H35NO5. The van der Waals surface area contributed by atoms with Crippen molar-refractivity contribution in [3.8, 4) is 17.2 Å². The second-order valence-electron chi connectivity index (χ2n) is 8.87. The molecule has 0 aliphatic rings. The molecule has 3 aromatic rings. The van der Waals surface area contributed by atoms with E-state index in [1.54, 1.807) is 37.5 Å². The number of ether oxygens (including phenoxy) is 3. The Morgan fingerprint density at radius 2 is 1.68 bits per heavy atom. The number of hydrogen-bond donors (Lipinski definition) is 1. The van der Waals surface area contributed by atoms with E-state index in [4.69, 9.17) is 14.2 Å². The maximum atomic E-state index is 12.6. The van der Waals surface area contributed by atoms with Crippen LogP contribution in [0.1, 0.15) is 59.7 Å². The van der Waals surface area contributed by atoms with Gasteiger partial charge in [0.05, 0.1) is 13.7 Å². The van der Waals surface area contributed by atoms with Gasteiger partial charge in [-0.3, -0.25) is 4.79 Å². The standard InChI is InChI=1S/C31H35NO5/c1-5-6-7-8-19-36-28-17-11-24(21-29(28)35-4)12-18-30(33)37-26-15-13-25(14-16-26)31(34)32-27-20-22(2)9-10-23(27)3/h9-18,20-21H,5-8,19H2,1-4H3,(H,32,34)/b18-12+. The van der Waals surface area contributed by atoms with E-state index in [0.717, 1.165) is 35.2 Å². The summed E-state index contributed by atoms with van der Waals surface area (Å²) < 4.78 is 16.7. The van der Waals surface area contributed by atoms with Crippen LogP contribution in [0.3, 0.4) is 0 Å². The highest BCUT2D eigenvalue weighted by molar-refractivity contribution is 6.04. The summed E-state index contributed by atoms with van der Waals surface area (Å²) in [7, 11) is 1.59. The number of rotatable bonds is 12. The van der Waals surface area contributed by atoms with Gasteiger partial charge in [-0.15, -0.1) is 0 Å². The molecule has 0 aliphatic carbocycles. The zero-order valence-electron chi connectivity index (χ0n) is 22.0. The molecule has 0 aromatic heterocycles. The van der Waals surface area contributed by atoms with Gasteiger partial charge < -0.3 is 19.5 Å². The Balaban J connectivity index is 1.54. The predicted octanol–water partition coefficient (Wildman–Crippen LogP) is 7.14. The number of esters is 1. The first kappa shape index (κ1) is 27.5. The minimum Gasteiger partial charge on any atom is -0.493 e. The number of anilines is 1. The van der Waals surface area contributed by atoms with Crippen molar-refractivity contribution < 1.29 is 23.8 Å².